The number of hydrogen-bond donors (Lipinski definition) is 2. The van der Waals surface area contributed by atoms with Crippen molar-refractivity contribution >= 4 is 22.9 Å². The van der Waals surface area contributed by atoms with E-state index in [4.69, 9.17) is 0 Å². The zero-order valence-electron chi connectivity index (χ0n) is 17.9. The molecule has 2 N–H and O–H groups in total. The van der Waals surface area contributed by atoms with Crippen LogP contribution >= 0.6 is 0 Å². The molecule has 0 radical (unpaired) electrons. The van der Waals surface area contributed by atoms with Crippen LogP contribution in [0.1, 0.15) is 29.3 Å². The predicted octanol–water partition coefficient (Wildman–Crippen LogP) is 2.88. The van der Waals surface area contributed by atoms with Crippen molar-refractivity contribution in [1.82, 2.24) is 25.1 Å². The van der Waals surface area contributed by atoms with Gasteiger partial charge in [0, 0.05) is 39.3 Å². The Kier molecular flexibility index (Phi) is 7.43. The molecule has 0 fully saturated rings. The van der Waals surface area contributed by atoms with Crippen LogP contribution in [0.5, 0.6) is 0 Å². The van der Waals surface area contributed by atoms with Gasteiger partial charge in [-0.3, -0.25) is 4.79 Å². The number of fused-ring (bicyclic) bond motifs is 1. The van der Waals surface area contributed by atoms with Crippen molar-refractivity contribution in [3.63, 3.8) is 0 Å². The Labute approximate surface area is 177 Å². The Hall–Kier alpha value is -3.35. The fraction of sp³-hybridized carbons (Fsp3) is 0.348. The van der Waals surface area contributed by atoms with Gasteiger partial charge in [-0.1, -0.05) is 24.3 Å². The third-order valence-corrected chi connectivity index (χ3v) is 4.77. The highest BCUT2D eigenvalue weighted by atomic mass is 16.2. The molecule has 0 saturated carbocycles. The number of para-hydroxylation sites is 2. The van der Waals surface area contributed by atoms with E-state index in [0.717, 1.165) is 48.6 Å². The molecular formula is C23H30N6O. The van der Waals surface area contributed by atoms with Gasteiger partial charge in [-0.2, -0.15) is 0 Å². The fourth-order valence-electron chi connectivity index (χ4n) is 3.17. The van der Waals surface area contributed by atoms with Gasteiger partial charge in [-0.15, -0.1) is 0 Å². The van der Waals surface area contributed by atoms with Gasteiger partial charge in [0.15, 0.2) is 5.96 Å². The fourth-order valence-corrected chi connectivity index (χ4v) is 3.17. The van der Waals surface area contributed by atoms with Crippen LogP contribution in [0.25, 0.3) is 11.0 Å². The predicted molar refractivity (Wildman–Crippen MR) is 122 cm³/mol. The quantitative estimate of drug-likeness (QED) is 0.343. The Morgan fingerprint density at radius 1 is 1.10 bits per heavy atom. The summed E-state index contributed by atoms with van der Waals surface area (Å²) < 4.78 is 2.18. The second kappa shape index (κ2) is 10.4. The van der Waals surface area contributed by atoms with Crippen molar-refractivity contribution in [2.24, 2.45) is 4.99 Å². The van der Waals surface area contributed by atoms with Gasteiger partial charge >= 0.3 is 0 Å². The zero-order valence-corrected chi connectivity index (χ0v) is 17.9. The lowest BCUT2D eigenvalue weighted by Gasteiger charge is -2.12. The highest BCUT2D eigenvalue weighted by molar-refractivity contribution is 5.93. The van der Waals surface area contributed by atoms with Gasteiger partial charge in [-0.25, -0.2) is 9.98 Å². The molecule has 0 atom stereocenters. The summed E-state index contributed by atoms with van der Waals surface area (Å²) in [6.45, 7) is 5.12. The molecule has 7 nitrogen and oxygen atoms in total. The minimum Gasteiger partial charge on any atom is -0.357 e. The Bertz CT molecular complexity index is 990. The van der Waals surface area contributed by atoms with Crippen LogP contribution in [-0.4, -0.2) is 53.5 Å². The van der Waals surface area contributed by atoms with Gasteiger partial charge < -0.3 is 20.1 Å². The van der Waals surface area contributed by atoms with E-state index in [1.165, 1.54) is 0 Å². The molecule has 0 aliphatic carbocycles. The number of carbonyl (C=O) groups excluding carboxylic acids is 1. The summed E-state index contributed by atoms with van der Waals surface area (Å²) in [4.78, 5) is 22.7. The van der Waals surface area contributed by atoms with E-state index >= 15 is 0 Å². The van der Waals surface area contributed by atoms with Gasteiger partial charge in [0.1, 0.15) is 0 Å². The average molecular weight is 407 g/mol. The van der Waals surface area contributed by atoms with Gasteiger partial charge in [0.25, 0.3) is 5.91 Å². The molecule has 0 saturated heterocycles. The maximum Gasteiger partial charge on any atom is 0.253 e. The van der Waals surface area contributed by atoms with Crippen LogP contribution in [-0.2, 0) is 13.1 Å². The molecule has 0 aliphatic heterocycles. The van der Waals surface area contributed by atoms with Crippen LogP contribution in [0.3, 0.4) is 0 Å². The van der Waals surface area contributed by atoms with E-state index in [0.29, 0.717) is 12.1 Å². The first-order chi connectivity index (χ1) is 14.6. The number of imidazole rings is 1. The number of amides is 1. The zero-order chi connectivity index (χ0) is 21.3. The summed E-state index contributed by atoms with van der Waals surface area (Å²) in [5, 5.41) is 6.67. The monoisotopic (exact) mass is 406 g/mol. The molecule has 7 heteroatoms. The van der Waals surface area contributed by atoms with Crippen molar-refractivity contribution in [3.05, 3.63) is 66.0 Å². The molecule has 0 aliphatic rings. The molecule has 30 heavy (non-hydrogen) atoms. The van der Waals surface area contributed by atoms with E-state index in [-0.39, 0.29) is 5.91 Å². The topological polar surface area (TPSA) is 74.6 Å². The molecule has 1 aromatic heterocycles. The summed E-state index contributed by atoms with van der Waals surface area (Å²) in [7, 11) is 3.51. The highest BCUT2D eigenvalue weighted by Crippen LogP contribution is 2.12. The van der Waals surface area contributed by atoms with E-state index in [1.807, 2.05) is 48.8 Å². The molecule has 0 spiro atoms. The number of hydrogen-bond acceptors (Lipinski definition) is 3. The average Bonchev–Trinajstić information content (AvgIpc) is 3.18. The number of aliphatic imine (C=N–C) groups is 1. The van der Waals surface area contributed by atoms with Crippen LogP contribution in [0.4, 0.5) is 0 Å². The summed E-state index contributed by atoms with van der Waals surface area (Å²) in [5.74, 6) is 0.798. The summed E-state index contributed by atoms with van der Waals surface area (Å²) in [6, 6.07) is 15.8. The molecule has 158 valence electrons. The summed E-state index contributed by atoms with van der Waals surface area (Å²) in [5.41, 5.74) is 3.94. The molecule has 3 aromatic rings. The summed E-state index contributed by atoms with van der Waals surface area (Å²) in [6.07, 6.45) is 2.86. The van der Waals surface area contributed by atoms with Crippen LogP contribution < -0.4 is 10.6 Å². The second-order valence-electron chi connectivity index (χ2n) is 7.30. The number of guanidine groups is 1. The van der Waals surface area contributed by atoms with Gasteiger partial charge in [0.05, 0.1) is 23.9 Å². The number of benzene rings is 2. The van der Waals surface area contributed by atoms with Crippen molar-refractivity contribution in [3.8, 4) is 0 Å². The number of nitrogens with zero attached hydrogens (tertiary/aromatic N) is 4. The number of nitrogens with one attached hydrogen (secondary N) is 2. The number of carbonyl (C=O) groups is 1. The first-order valence-corrected chi connectivity index (χ1v) is 10.3. The molecule has 2 aromatic carbocycles. The number of aromatic nitrogens is 2. The lowest BCUT2D eigenvalue weighted by Crippen LogP contribution is -2.38. The third-order valence-electron chi connectivity index (χ3n) is 4.77. The van der Waals surface area contributed by atoms with Crippen molar-refractivity contribution in [2.75, 3.05) is 27.2 Å². The molecule has 0 bridgehead atoms. The molecule has 0 unspecified atom stereocenters. The van der Waals surface area contributed by atoms with Gasteiger partial charge in [-0.05, 0) is 43.2 Å². The SMILES string of the molecule is CCNC(=NCc1ccc(C(=O)N(C)C)cc1)NCCCn1cnc2ccccc21. The normalized spacial score (nSPS) is 11.5. The van der Waals surface area contributed by atoms with Crippen LogP contribution in [0.15, 0.2) is 59.9 Å². The van der Waals surface area contributed by atoms with Crippen molar-refractivity contribution in [1.29, 1.82) is 0 Å². The smallest absolute Gasteiger partial charge is 0.253 e. The molecular weight excluding hydrogens is 376 g/mol. The highest BCUT2D eigenvalue weighted by Gasteiger charge is 2.07. The number of aryl methyl sites for hydroxylation is 1. The van der Waals surface area contributed by atoms with E-state index in [2.05, 4.69) is 38.2 Å². The van der Waals surface area contributed by atoms with E-state index in [1.54, 1.807) is 19.0 Å². The minimum absolute atomic E-state index is 0.00530. The minimum atomic E-state index is 0.00530. The van der Waals surface area contributed by atoms with E-state index in [9.17, 15) is 4.79 Å². The first-order valence-electron chi connectivity index (χ1n) is 10.3. The lowest BCUT2D eigenvalue weighted by molar-refractivity contribution is 0.0827. The largest absolute Gasteiger partial charge is 0.357 e. The Morgan fingerprint density at radius 2 is 1.87 bits per heavy atom. The Morgan fingerprint density at radius 3 is 2.60 bits per heavy atom. The Balaban J connectivity index is 1.51. The first kappa shape index (κ1) is 21.4. The molecule has 1 amide bonds. The molecule has 3 rings (SSSR count). The number of rotatable bonds is 8. The van der Waals surface area contributed by atoms with Gasteiger partial charge in [0.2, 0.25) is 0 Å². The summed E-state index contributed by atoms with van der Waals surface area (Å²) >= 11 is 0. The van der Waals surface area contributed by atoms with Crippen molar-refractivity contribution in [2.45, 2.75) is 26.4 Å². The lowest BCUT2D eigenvalue weighted by atomic mass is 10.1. The van der Waals surface area contributed by atoms with Crippen molar-refractivity contribution < 1.29 is 4.79 Å². The second-order valence-corrected chi connectivity index (χ2v) is 7.30. The van der Waals surface area contributed by atoms with E-state index < -0.39 is 0 Å². The standard InChI is InChI=1S/C23H30N6O/c1-4-24-23(26-16-18-10-12-19(13-11-18)22(30)28(2)3)25-14-7-15-29-17-27-20-8-5-6-9-21(20)29/h5-6,8-13,17H,4,7,14-16H2,1-3H3,(H2,24,25,26). The molecule has 1 heterocycles. The maximum absolute atomic E-state index is 12.0. The third kappa shape index (κ3) is 5.59. The van der Waals surface area contributed by atoms with Crippen LogP contribution in [0.2, 0.25) is 0 Å². The maximum atomic E-state index is 12.0. The van der Waals surface area contributed by atoms with Crippen LogP contribution in [0, 0.1) is 0 Å².